The van der Waals surface area contributed by atoms with Crippen LogP contribution in [0.15, 0.2) is 41.5 Å². The van der Waals surface area contributed by atoms with E-state index in [0.717, 1.165) is 24.0 Å². The zero-order chi connectivity index (χ0) is 14.1. The molecule has 1 fully saturated rings. The molecule has 1 heterocycles. The van der Waals surface area contributed by atoms with Crippen LogP contribution < -0.4 is 5.69 Å². The number of aromatic nitrogens is 2. The molecule has 0 bridgehead atoms. The normalized spacial score (nSPS) is 14.4. The van der Waals surface area contributed by atoms with E-state index in [1.54, 1.807) is 21.3 Å². The largest absolute Gasteiger partial charge is 0.481 e. The van der Waals surface area contributed by atoms with Crippen molar-refractivity contribution in [2.24, 2.45) is 0 Å². The van der Waals surface area contributed by atoms with Gasteiger partial charge in [0.05, 0.1) is 13.0 Å². The summed E-state index contributed by atoms with van der Waals surface area (Å²) in [6.07, 6.45) is 5.87. The fourth-order valence-electron chi connectivity index (χ4n) is 2.31. The minimum atomic E-state index is -0.838. The molecule has 1 aromatic carbocycles. The molecule has 1 aliphatic rings. The van der Waals surface area contributed by atoms with E-state index in [1.165, 1.54) is 0 Å². The van der Waals surface area contributed by atoms with Crippen molar-refractivity contribution >= 4 is 5.97 Å². The maximum absolute atomic E-state index is 12.1. The van der Waals surface area contributed by atoms with Crippen LogP contribution in [0.1, 0.15) is 30.0 Å². The average molecular weight is 272 g/mol. The standard InChI is InChI=1S/C15H16N2O3/c18-14(19)9-11-1-3-12(4-2-11)10-16-7-8-17(15(16)20)13-5-6-13/h1-4,7-8,13H,5-6,9-10H2,(H,18,19). The first kappa shape index (κ1) is 12.7. The van der Waals surface area contributed by atoms with E-state index in [2.05, 4.69) is 0 Å². The second kappa shape index (κ2) is 5.00. The van der Waals surface area contributed by atoms with Crippen molar-refractivity contribution in [3.05, 3.63) is 58.3 Å². The van der Waals surface area contributed by atoms with E-state index in [-0.39, 0.29) is 12.1 Å². The van der Waals surface area contributed by atoms with Crippen LogP contribution in [-0.4, -0.2) is 20.2 Å². The highest BCUT2D eigenvalue weighted by atomic mass is 16.4. The number of carbonyl (C=O) groups is 1. The Kier molecular flexibility index (Phi) is 3.18. The first-order chi connectivity index (χ1) is 9.63. The van der Waals surface area contributed by atoms with Gasteiger partial charge in [0.15, 0.2) is 0 Å². The van der Waals surface area contributed by atoms with Crippen LogP contribution in [0.4, 0.5) is 0 Å². The van der Waals surface area contributed by atoms with Crippen LogP contribution in [0.5, 0.6) is 0 Å². The number of aliphatic carboxylic acids is 1. The Balaban J connectivity index is 1.74. The third-order valence-corrected chi connectivity index (χ3v) is 3.55. The van der Waals surface area contributed by atoms with E-state index in [0.29, 0.717) is 12.6 Å². The van der Waals surface area contributed by atoms with Crippen LogP contribution >= 0.6 is 0 Å². The van der Waals surface area contributed by atoms with Gasteiger partial charge >= 0.3 is 11.7 Å². The van der Waals surface area contributed by atoms with Gasteiger partial charge in [-0.3, -0.25) is 13.9 Å². The first-order valence-electron chi connectivity index (χ1n) is 6.70. The van der Waals surface area contributed by atoms with Crippen LogP contribution in [-0.2, 0) is 17.8 Å². The number of nitrogens with zero attached hydrogens (tertiary/aromatic N) is 2. The summed E-state index contributed by atoms with van der Waals surface area (Å²) in [5.41, 5.74) is 1.79. The molecule has 3 rings (SSSR count). The lowest BCUT2D eigenvalue weighted by atomic mass is 10.1. The van der Waals surface area contributed by atoms with Crippen molar-refractivity contribution in [2.75, 3.05) is 0 Å². The monoisotopic (exact) mass is 272 g/mol. The van der Waals surface area contributed by atoms with Gasteiger partial charge in [0.2, 0.25) is 0 Å². The van der Waals surface area contributed by atoms with E-state index in [1.807, 2.05) is 24.5 Å². The molecule has 104 valence electrons. The molecular weight excluding hydrogens is 256 g/mol. The van der Waals surface area contributed by atoms with Crippen molar-refractivity contribution in [3.8, 4) is 0 Å². The lowest BCUT2D eigenvalue weighted by molar-refractivity contribution is -0.136. The van der Waals surface area contributed by atoms with Gasteiger partial charge in [-0.2, -0.15) is 0 Å². The molecule has 1 aliphatic carbocycles. The van der Waals surface area contributed by atoms with Gasteiger partial charge in [0.1, 0.15) is 0 Å². The average Bonchev–Trinajstić information content (AvgIpc) is 3.18. The van der Waals surface area contributed by atoms with E-state index in [4.69, 9.17) is 5.11 Å². The second-order valence-electron chi connectivity index (χ2n) is 5.23. The number of rotatable bonds is 5. The Hall–Kier alpha value is -2.30. The van der Waals surface area contributed by atoms with Crippen molar-refractivity contribution in [3.63, 3.8) is 0 Å². The fraction of sp³-hybridized carbons (Fsp3) is 0.333. The van der Waals surface area contributed by atoms with Crippen LogP contribution in [0.3, 0.4) is 0 Å². The molecule has 1 saturated carbocycles. The third kappa shape index (κ3) is 2.66. The Labute approximate surface area is 116 Å². The number of carboxylic acid groups (broad SMARTS) is 1. The molecule has 0 aliphatic heterocycles. The van der Waals surface area contributed by atoms with E-state index in [9.17, 15) is 9.59 Å². The SMILES string of the molecule is O=C(O)Cc1ccc(Cn2ccn(C3CC3)c2=O)cc1. The predicted octanol–water partition coefficient (Wildman–Crippen LogP) is 1.66. The molecule has 0 amide bonds. The molecule has 0 saturated heterocycles. The minimum Gasteiger partial charge on any atom is -0.481 e. The Morgan fingerprint density at radius 1 is 1.15 bits per heavy atom. The number of carboxylic acids is 1. The van der Waals surface area contributed by atoms with Crippen LogP contribution in [0.2, 0.25) is 0 Å². The molecule has 5 nitrogen and oxygen atoms in total. The summed E-state index contributed by atoms with van der Waals surface area (Å²) in [6, 6.07) is 7.73. The minimum absolute atomic E-state index is 0.0261. The summed E-state index contributed by atoms with van der Waals surface area (Å²) in [5, 5.41) is 8.72. The number of benzene rings is 1. The summed E-state index contributed by atoms with van der Waals surface area (Å²) in [6.45, 7) is 0.520. The van der Waals surface area contributed by atoms with Gasteiger partial charge in [-0.05, 0) is 24.0 Å². The lowest BCUT2D eigenvalue weighted by Gasteiger charge is -2.04. The summed E-state index contributed by atoms with van der Waals surface area (Å²) < 4.78 is 3.48. The molecule has 5 heteroatoms. The molecule has 0 radical (unpaired) electrons. The number of hydrogen-bond acceptors (Lipinski definition) is 2. The Bertz CT molecular complexity index is 678. The highest BCUT2D eigenvalue weighted by molar-refractivity contribution is 5.70. The van der Waals surface area contributed by atoms with Gasteiger partial charge in [-0.15, -0.1) is 0 Å². The molecule has 0 spiro atoms. The summed E-state index contributed by atoms with van der Waals surface area (Å²) in [7, 11) is 0. The molecule has 2 aromatic rings. The van der Waals surface area contributed by atoms with Crippen LogP contribution in [0, 0.1) is 0 Å². The number of hydrogen-bond donors (Lipinski definition) is 1. The highest BCUT2D eigenvalue weighted by Gasteiger charge is 2.25. The van der Waals surface area contributed by atoms with Crippen molar-refractivity contribution in [1.29, 1.82) is 0 Å². The van der Waals surface area contributed by atoms with Crippen molar-refractivity contribution in [1.82, 2.24) is 9.13 Å². The lowest BCUT2D eigenvalue weighted by Crippen LogP contribution is -2.23. The van der Waals surface area contributed by atoms with Crippen molar-refractivity contribution in [2.45, 2.75) is 31.8 Å². The zero-order valence-electron chi connectivity index (χ0n) is 11.0. The van der Waals surface area contributed by atoms with Gasteiger partial charge in [-0.1, -0.05) is 24.3 Å². The zero-order valence-corrected chi connectivity index (χ0v) is 11.0. The van der Waals surface area contributed by atoms with Gasteiger partial charge in [0.25, 0.3) is 0 Å². The summed E-state index contributed by atoms with van der Waals surface area (Å²) in [4.78, 5) is 22.7. The molecule has 0 unspecified atom stereocenters. The van der Waals surface area contributed by atoms with E-state index < -0.39 is 5.97 Å². The maximum atomic E-state index is 12.1. The smallest absolute Gasteiger partial charge is 0.328 e. The van der Waals surface area contributed by atoms with Gasteiger partial charge in [-0.25, -0.2) is 4.79 Å². The Morgan fingerprint density at radius 3 is 2.40 bits per heavy atom. The molecule has 1 aromatic heterocycles. The topological polar surface area (TPSA) is 64.2 Å². The van der Waals surface area contributed by atoms with Gasteiger partial charge in [0, 0.05) is 18.4 Å². The first-order valence-corrected chi connectivity index (χ1v) is 6.70. The van der Waals surface area contributed by atoms with Crippen LogP contribution in [0.25, 0.3) is 0 Å². The predicted molar refractivity (Wildman–Crippen MR) is 73.8 cm³/mol. The molecule has 0 atom stereocenters. The summed E-state index contributed by atoms with van der Waals surface area (Å²) >= 11 is 0. The third-order valence-electron chi connectivity index (χ3n) is 3.55. The molecular formula is C15H16N2O3. The second-order valence-corrected chi connectivity index (χ2v) is 5.23. The fourth-order valence-corrected chi connectivity index (χ4v) is 2.31. The maximum Gasteiger partial charge on any atom is 0.328 e. The van der Waals surface area contributed by atoms with Gasteiger partial charge < -0.3 is 5.11 Å². The van der Waals surface area contributed by atoms with E-state index >= 15 is 0 Å². The Morgan fingerprint density at radius 2 is 1.80 bits per heavy atom. The van der Waals surface area contributed by atoms with Crippen molar-refractivity contribution < 1.29 is 9.90 Å². The summed E-state index contributed by atoms with van der Waals surface area (Å²) in [5.74, 6) is -0.838. The molecule has 1 N–H and O–H groups in total. The number of imidazole rings is 1. The highest BCUT2D eigenvalue weighted by Crippen LogP contribution is 2.33. The quantitative estimate of drug-likeness (QED) is 0.900. The molecule has 20 heavy (non-hydrogen) atoms.